The first kappa shape index (κ1) is 18.1. The summed E-state index contributed by atoms with van der Waals surface area (Å²) in [6.07, 6.45) is 1.54. The molecular formula is C21H18N2O4. The predicted molar refractivity (Wildman–Crippen MR) is 102 cm³/mol. The van der Waals surface area contributed by atoms with E-state index in [-0.39, 0.29) is 13.2 Å². The monoisotopic (exact) mass is 362 g/mol. The molecule has 1 aromatic heterocycles. The van der Waals surface area contributed by atoms with E-state index in [1.165, 1.54) is 0 Å². The van der Waals surface area contributed by atoms with Gasteiger partial charge in [0, 0.05) is 17.1 Å². The van der Waals surface area contributed by atoms with Crippen LogP contribution in [0.25, 0.3) is 10.9 Å². The van der Waals surface area contributed by atoms with Crippen LogP contribution in [0.4, 0.5) is 0 Å². The maximum atomic E-state index is 12.3. The Morgan fingerprint density at radius 3 is 2.59 bits per heavy atom. The van der Waals surface area contributed by atoms with Crippen molar-refractivity contribution in [2.24, 2.45) is 0 Å². The smallest absolute Gasteiger partial charge is 0.293 e. The molecule has 0 aliphatic rings. The number of ketones is 1. The summed E-state index contributed by atoms with van der Waals surface area (Å²) in [5.41, 5.74) is 1.15. The van der Waals surface area contributed by atoms with E-state index in [1.54, 1.807) is 31.5 Å². The molecule has 0 fully saturated rings. The number of Topliss-reactive ketones (excluding diaryl/α,β-unsaturated/α-hetero) is 1. The molecule has 6 heteroatoms. The number of benzene rings is 2. The van der Waals surface area contributed by atoms with Crippen molar-refractivity contribution in [3.05, 3.63) is 60.3 Å². The maximum Gasteiger partial charge on any atom is 0.293 e. The second kappa shape index (κ2) is 8.59. The molecule has 0 aliphatic carbocycles. The number of para-hydroxylation sites is 3. The van der Waals surface area contributed by atoms with Crippen LogP contribution in [0.3, 0.4) is 0 Å². The van der Waals surface area contributed by atoms with Gasteiger partial charge in [-0.1, -0.05) is 42.2 Å². The van der Waals surface area contributed by atoms with E-state index in [4.69, 9.17) is 9.47 Å². The number of hydrogen-bond acceptors (Lipinski definition) is 4. The molecule has 3 rings (SSSR count). The molecule has 0 saturated heterocycles. The lowest BCUT2D eigenvalue weighted by molar-refractivity contribution is -0.116. The van der Waals surface area contributed by atoms with Gasteiger partial charge in [0.1, 0.15) is 6.61 Å². The lowest BCUT2D eigenvalue weighted by atomic mass is 10.1. The molecule has 136 valence electrons. The van der Waals surface area contributed by atoms with Crippen molar-refractivity contribution in [2.45, 2.75) is 0 Å². The molecule has 0 saturated carbocycles. The van der Waals surface area contributed by atoms with E-state index in [0.717, 1.165) is 5.52 Å². The van der Waals surface area contributed by atoms with E-state index in [1.807, 2.05) is 30.3 Å². The van der Waals surface area contributed by atoms with Crippen LogP contribution in [0, 0.1) is 11.8 Å². The third-order valence-corrected chi connectivity index (χ3v) is 3.87. The van der Waals surface area contributed by atoms with E-state index < -0.39 is 11.7 Å². The van der Waals surface area contributed by atoms with Crippen molar-refractivity contribution < 1.29 is 19.1 Å². The van der Waals surface area contributed by atoms with Gasteiger partial charge in [0.25, 0.3) is 11.7 Å². The van der Waals surface area contributed by atoms with Crippen molar-refractivity contribution >= 4 is 22.6 Å². The van der Waals surface area contributed by atoms with Crippen molar-refractivity contribution in [2.75, 3.05) is 20.3 Å². The number of fused-ring (bicyclic) bond motifs is 1. The van der Waals surface area contributed by atoms with E-state index in [0.29, 0.717) is 22.4 Å². The highest BCUT2D eigenvalue weighted by atomic mass is 16.5. The van der Waals surface area contributed by atoms with Gasteiger partial charge in [0.05, 0.1) is 19.2 Å². The van der Waals surface area contributed by atoms with Gasteiger partial charge in [-0.2, -0.15) is 0 Å². The number of carbonyl (C=O) groups is 2. The molecule has 1 heterocycles. The third kappa shape index (κ3) is 4.28. The fourth-order valence-corrected chi connectivity index (χ4v) is 2.55. The highest BCUT2D eigenvalue weighted by molar-refractivity contribution is 6.45. The zero-order valence-corrected chi connectivity index (χ0v) is 14.7. The Bertz CT molecular complexity index is 1030. The number of methoxy groups -OCH3 is 1. The van der Waals surface area contributed by atoms with Crippen LogP contribution in [-0.4, -0.2) is 36.9 Å². The van der Waals surface area contributed by atoms with Crippen molar-refractivity contribution in [1.82, 2.24) is 10.3 Å². The van der Waals surface area contributed by atoms with E-state index >= 15 is 0 Å². The number of ether oxygens (including phenoxy) is 2. The van der Waals surface area contributed by atoms with Gasteiger partial charge in [-0.15, -0.1) is 0 Å². The Morgan fingerprint density at radius 2 is 1.78 bits per heavy atom. The number of aromatic nitrogens is 1. The van der Waals surface area contributed by atoms with Gasteiger partial charge in [-0.25, -0.2) is 0 Å². The largest absolute Gasteiger partial charge is 0.493 e. The third-order valence-electron chi connectivity index (χ3n) is 3.87. The summed E-state index contributed by atoms with van der Waals surface area (Å²) in [6, 6.07) is 14.6. The molecule has 2 N–H and O–H groups in total. The Labute approximate surface area is 156 Å². The quantitative estimate of drug-likeness (QED) is 0.401. The molecule has 0 atom stereocenters. The van der Waals surface area contributed by atoms with Gasteiger partial charge in [-0.05, 0) is 18.2 Å². The Hall–Kier alpha value is -3.72. The van der Waals surface area contributed by atoms with Gasteiger partial charge in [0.15, 0.2) is 11.5 Å². The molecular weight excluding hydrogens is 344 g/mol. The minimum Gasteiger partial charge on any atom is -0.493 e. The van der Waals surface area contributed by atoms with Gasteiger partial charge in [0.2, 0.25) is 0 Å². The van der Waals surface area contributed by atoms with Crippen LogP contribution in [0.5, 0.6) is 11.5 Å². The summed E-state index contributed by atoms with van der Waals surface area (Å²) in [5, 5.41) is 3.22. The molecule has 0 aliphatic heterocycles. The fraction of sp³-hybridized carbons (Fsp3) is 0.143. The molecule has 0 spiro atoms. The van der Waals surface area contributed by atoms with E-state index in [9.17, 15) is 9.59 Å². The summed E-state index contributed by atoms with van der Waals surface area (Å²) in [5.74, 6) is 5.46. The summed E-state index contributed by atoms with van der Waals surface area (Å²) >= 11 is 0. The van der Waals surface area contributed by atoms with Crippen LogP contribution < -0.4 is 14.8 Å². The molecule has 0 bridgehead atoms. The Balaban J connectivity index is 1.50. The zero-order valence-electron chi connectivity index (χ0n) is 14.7. The molecule has 3 aromatic rings. The highest BCUT2D eigenvalue weighted by Gasteiger charge is 2.18. The first-order valence-electron chi connectivity index (χ1n) is 8.31. The minimum absolute atomic E-state index is 0.0578. The topological polar surface area (TPSA) is 80.4 Å². The second-order valence-electron chi connectivity index (χ2n) is 5.55. The standard InChI is InChI=1S/C21H18N2O4/c1-26-18-10-4-5-11-19(18)27-13-7-6-12-22-21(25)20(24)16-14-23-17-9-3-2-8-15(16)17/h2-5,8-11,14,23H,12-13H2,1H3,(H,22,25). The number of aromatic amines is 1. The molecule has 27 heavy (non-hydrogen) atoms. The number of rotatable bonds is 6. The van der Waals surface area contributed by atoms with Crippen LogP contribution in [-0.2, 0) is 4.79 Å². The minimum atomic E-state index is -0.695. The van der Waals surface area contributed by atoms with Gasteiger partial charge < -0.3 is 19.8 Å². The van der Waals surface area contributed by atoms with Crippen molar-refractivity contribution in [1.29, 1.82) is 0 Å². The number of nitrogens with one attached hydrogen (secondary N) is 2. The average molecular weight is 362 g/mol. The Morgan fingerprint density at radius 1 is 1.04 bits per heavy atom. The first-order valence-corrected chi connectivity index (χ1v) is 8.31. The summed E-state index contributed by atoms with van der Waals surface area (Å²) < 4.78 is 10.7. The van der Waals surface area contributed by atoms with Crippen LogP contribution in [0.2, 0.25) is 0 Å². The normalized spacial score (nSPS) is 9.96. The fourth-order valence-electron chi connectivity index (χ4n) is 2.55. The number of carbonyl (C=O) groups excluding carboxylic acids is 2. The second-order valence-corrected chi connectivity index (χ2v) is 5.55. The highest BCUT2D eigenvalue weighted by Crippen LogP contribution is 2.25. The molecule has 0 unspecified atom stereocenters. The molecule has 2 aromatic carbocycles. The number of H-pyrrole nitrogens is 1. The summed E-state index contributed by atoms with van der Waals surface area (Å²) in [7, 11) is 1.56. The SMILES string of the molecule is COc1ccccc1OCC#CCNC(=O)C(=O)c1c[nH]c2ccccc12. The van der Waals surface area contributed by atoms with Gasteiger partial charge >= 0.3 is 0 Å². The van der Waals surface area contributed by atoms with E-state index in [2.05, 4.69) is 22.1 Å². The number of hydrogen-bond donors (Lipinski definition) is 2. The van der Waals surface area contributed by atoms with Gasteiger partial charge in [-0.3, -0.25) is 9.59 Å². The maximum absolute atomic E-state index is 12.3. The predicted octanol–water partition coefficient (Wildman–Crippen LogP) is 2.56. The summed E-state index contributed by atoms with van der Waals surface area (Å²) in [4.78, 5) is 27.3. The van der Waals surface area contributed by atoms with Crippen molar-refractivity contribution in [3.8, 4) is 23.3 Å². The lowest BCUT2D eigenvalue weighted by Gasteiger charge is -2.07. The lowest BCUT2D eigenvalue weighted by Crippen LogP contribution is -2.31. The summed E-state index contributed by atoms with van der Waals surface area (Å²) in [6.45, 7) is 0.203. The van der Waals surface area contributed by atoms with Crippen LogP contribution >= 0.6 is 0 Å². The van der Waals surface area contributed by atoms with Crippen LogP contribution in [0.1, 0.15) is 10.4 Å². The Kier molecular flexibility index (Phi) is 5.75. The number of amides is 1. The first-order chi connectivity index (χ1) is 13.2. The van der Waals surface area contributed by atoms with Crippen molar-refractivity contribution in [3.63, 3.8) is 0 Å². The molecule has 1 amide bonds. The molecule has 0 radical (unpaired) electrons. The molecule has 6 nitrogen and oxygen atoms in total. The average Bonchev–Trinajstić information content (AvgIpc) is 3.14. The zero-order chi connectivity index (χ0) is 19.1. The van der Waals surface area contributed by atoms with Crippen LogP contribution in [0.15, 0.2) is 54.7 Å².